The number of likely N-dealkylation sites (tertiary alicyclic amines) is 2. The van der Waals surface area contributed by atoms with Crippen molar-refractivity contribution in [1.82, 2.24) is 41.0 Å². The van der Waals surface area contributed by atoms with E-state index in [4.69, 9.17) is 0 Å². The molecule has 2 aliphatic heterocycles. The van der Waals surface area contributed by atoms with E-state index in [1.54, 1.807) is 64.9 Å². The molecular weight excluding hydrogens is 754 g/mol. The molecule has 7 N–H and O–H groups in total. The van der Waals surface area contributed by atoms with Crippen molar-refractivity contribution in [3.05, 3.63) is 59.2 Å². The monoisotopic (exact) mass is 808 g/mol. The first kappa shape index (κ1) is 42.7. The highest BCUT2D eigenvalue weighted by atomic mass is 19.1. The van der Waals surface area contributed by atoms with Crippen molar-refractivity contribution in [2.24, 2.45) is 0 Å². The van der Waals surface area contributed by atoms with E-state index in [1.165, 1.54) is 23.1 Å². The van der Waals surface area contributed by atoms with Crippen LogP contribution in [0.25, 0.3) is 33.2 Å². The Morgan fingerprint density at radius 3 is 1.93 bits per heavy atom. The van der Waals surface area contributed by atoms with E-state index < -0.39 is 66.1 Å². The van der Waals surface area contributed by atoms with Crippen LogP contribution in [0.15, 0.2) is 36.4 Å². The molecule has 2 aromatic heterocycles. The fourth-order valence-electron chi connectivity index (χ4n) is 8.40. The van der Waals surface area contributed by atoms with E-state index in [2.05, 4.69) is 31.2 Å². The predicted octanol–water partition coefficient (Wildman–Crippen LogP) is 3.59. The number of β-amino-alcohol motifs (C(OH)–C–C–N with tert-alkyl or cyclic N) is 1. The number of fused-ring (bicyclic) bond motifs is 2. The third kappa shape index (κ3) is 8.59. The number of carbonyl (C=O) groups is 4. The summed E-state index contributed by atoms with van der Waals surface area (Å²) in [6.07, 6.45) is -0.953. The normalized spacial score (nSPS) is 21.7. The van der Waals surface area contributed by atoms with E-state index in [9.17, 15) is 28.7 Å². The fourth-order valence-corrected chi connectivity index (χ4v) is 8.40. The van der Waals surface area contributed by atoms with Crippen LogP contribution in [-0.4, -0.2) is 124 Å². The Morgan fingerprint density at radius 1 is 0.793 bits per heavy atom. The first-order valence-corrected chi connectivity index (χ1v) is 20.2. The lowest BCUT2D eigenvalue weighted by molar-refractivity contribution is -0.138. The molecule has 0 spiro atoms. The molecule has 0 radical (unpaired) electrons. The second-order valence-corrected chi connectivity index (χ2v) is 15.7. The van der Waals surface area contributed by atoms with Gasteiger partial charge in [-0.3, -0.25) is 19.2 Å². The second kappa shape index (κ2) is 17.9. The van der Waals surface area contributed by atoms with Crippen molar-refractivity contribution >= 4 is 45.4 Å². The summed E-state index contributed by atoms with van der Waals surface area (Å²) < 4.78 is 45.8. The van der Waals surface area contributed by atoms with Gasteiger partial charge in [0.25, 0.3) is 0 Å². The van der Waals surface area contributed by atoms with Gasteiger partial charge < -0.3 is 46.1 Å². The summed E-state index contributed by atoms with van der Waals surface area (Å²) in [4.78, 5) is 63.3. The van der Waals surface area contributed by atoms with Crippen molar-refractivity contribution in [2.45, 2.75) is 115 Å². The topological polar surface area (TPSA) is 175 Å². The molecule has 6 rings (SSSR count). The number of H-pyrrole nitrogens is 2. The maximum Gasteiger partial charge on any atom is 0.245 e. The number of aromatic amines is 2. The number of likely N-dealkylation sites (N-methyl/N-ethyl adjacent to an activating group) is 2. The van der Waals surface area contributed by atoms with Crippen LogP contribution in [0.5, 0.6) is 0 Å². The zero-order valence-electron chi connectivity index (χ0n) is 33.8. The van der Waals surface area contributed by atoms with Crippen molar-refractivity contribution in [2.75, 3.05) is 27.2 Å². The lowest BCUT2D eigenvalue weighted by atomic mass is 9.94. The lowest BCUT2D eigenvalue weighted by Gasteiger charge is -2.30. The molecule has 2 saturated heterocycles. The van der Waals surface area contributed by atoms with Crippen molar-refractivity contribution < 1.29 is 37.5 Å². The number of alkyl halides is 1. The first-order chi connectivity index (χ1) is 27.7. The number of aliphatic hydroxyl groups excluding tert-OH is 1. The molecule has 4 heterocycles. The van der Waals surface area contributed by atoms with Gasteiger partial charge >= 0.3 is 0 Å². The van der Waals surface area contributed by atoms with Gasteiger partial charge in [0, 0.05) is 41.3 Å². The SMILES string of the molecule is CC[C@H](NC(=O)[C@H](C)NC)C(=O)N1C[C@@H](O)CC1Cc1c(-c2[nH]c3c(F)cccc3c2C[C@@H]2C[C@H](F)CN2C(=O)[C@H](CC)NC(=O)[C@H](C)NC)[nH]c2cc(F)ccc12. The van der Waals surface area contributed by atoms with Gasteiger partial charge in [-0.05, 0) is 95.4 Å². The van der Waals surface area contributed by atoms with Gasteiger partial charge in [-0.25, -0.2) is 13.2 Å². The maximum absolute atomic E-state index is 15.6. The molecule has 58 heavy (non-hydrogen) atoms. The van der Waals surface area contributed by atoms with Gasteiger partial charge in [0.05, 0.1) is 41.6 Å². The van der Waals surface area contributed by atoms with Crippen molar-refractivity contribution in [1.29, 1.82) is 0 Å². The Labute approximate surface area is 335 Å². The molecular formula is C42H55F3N8O5. The molecule has 4 amide bonds. The zero-order chi connectivity index (χ0) is 42.0. The van der Waals surface area contributed by atoms with Gasteiger partial charge in [-0.1, -0.05) is 26.0 Å². The van der Waals surface area contributed by atoms with Crippen molar-refractivity contribution in [3.63, 3.8) is 0 Å². The van der Waals surface area contributed by atoms with Gasteiger partial charge in [-0.2, -0.15) is 0 Å². The maximum atomic E-state index is 15.6. The molecule has 16 heteroatoms. The smallest absolute Gasteiger partial charge is 0.245 e. The Balaban J connectivity index is 1.40. The summed E-state index contributed by atoms with van der Waals surface area (Å²) in [5.41, 5.74) is 2.88. The highest BCUT2D eigenvalue weighted by Crippen LogP contribution is 2.40. The van der Waals surface area contributed by atoms with Crippen LogP contribution in [0.4, 0.5) is 13.2 Å². The third-order valence-electron chi connectivity index (χ3n) is 11.9. The van der Waals surface area contributed by atoms with Crippen LogP contribution in [-0.2, 0) is 32.0 Å². The molecule has 314 valence electrons. The molecule has 13 nitrogen and oxygen atoms in total. The molecule has 8 atom stereocenters. The minimum absolute atomic E-state index is 0.0223. The lowest BCUT2D eigenvalue weighted by Crippen LogP contribution is -2.53. The Morgan fingerprint density at radius 2 is 1.34 bits per heavy atom. The minimum atomic E-state index is -1.33. The number of aromatic nitrogens is 2. The van der Waals surface area contributed by atoms with Crippen LogP contribution < -0.4 is 21.3 Å². The predicted molar refractivity (Wildman–Crippen MR) is 216 cm³/mol. The number of benzene rings is 2. The van der Waals surface area contributed by atoms with Gasteiger partial charge in [0.2, 0.25) is 23.6 Å². The average molecular weight is 809 g/mol. The number of nitrogens with zero attached hydrogens (tertiary/aromatic N) is 2. The summed E-state index contributed by atoms with van der Waals surface area (Å²) in [7, 11) is 3.28. The number of carbonyl (C=O) groups excluding carboxylic acids is 4. The van der Waals surface area contributed by atoms with Gasteiger partial charge in [-0.15, -0.1) is 0 Å². The van der Waals surface area contributed by atoms with Crippen molar-refractivity contribution in [3.8, 4) is 11.4 Å². The summed E-state index contributed by atoms with van der Waals surface area (Å²) in [6, 6.07) is 4.99. The second-order valence-electron chi connectivity index (χ2n) is 15.7. The Bertz CT molecular complexity index is 2160. The zero-order valence-corrected chi connectivity index (χ0v) is 33.8. The van der Waals surface area contributed by atoms with Gasteiger partial charge in [0.1, 0.15) is 29.9 Å². The molecule has 0 aliphatic carbocycles. The number of nitrogens with one attached hydrogen (secondary N) is 6. The van der Waals surface area contributed by atoms with E-state index in [1.807, 2.05) is 0 Å². The number of rotatable bonds is 15. The van der Waals surface area contributed by atoms with Crippen LogP contribution >= 0.6 is 0 Å². The highest BCUT2D eigenvalue weighted by Gasteiger charge is 2.41. The minimum Gasteiger partial charge on any atom is -0.391 e. The Kier molecular flexibility index (Phi) is 13.2. The molecule has 2 aromatic carbocycles. The quantitative estimate of drug-likeness (QED) is 0.0962. The van der Waals surface area contributed by atoms with E-state index >= 15 is 8.78 Å². The largest absolute Gasteiger partial charge is 0.391 e. The third-order valence-corrected chi connectivity index (χ3v) is 11.9. The molecule has 0 bridgehead atoms. The number of hydrogen-bond acceptors (Lipinski definition) is 7. The number of para-hydroxylation sites is 1. The molecule has 2 aliphatic rings. The number of aliphatic hydroxyl groups is 1. The molecule has 0 saturated carbocycles. The fraction of sp³-hybridized carbons (Fsp3) is 0.524. The van der Waals surface area contributed by atoms with E-state index in [-0.39, 0.29) is 68.4 Å². The number of hydrogen-bond donors (Lipinski definition) is 7. The summed E-state index contributed by atoms with van der Waals surface area (Å²) >= 11 is 0. The average Bonchev–Trinajstić information content (AvgIpc) is 3.97. The molecule has 1 unspecified atom stereocenters. The van der Waals surface area contributed by atoms with Crippen LogP contribution in [0.3, 0.4) is 0 Å². The summed E-state index contributed by atoms with van der Waals surface area (Å²) in [5, 5.41) is 23.4. The number of amides is 4. The summed E-state index contributed by atoms with van der Waals surface area (Å²) in [6.45, 7) is 6.81. The van der Waals surface area contributed by atoms with Gasteiger partial charge in [0.15, 0.2) is 0 Å². The Hall–Kier alpha value is -4.93. The van der Waals surface area contributed by atoms with E-state index in [0.717, 1.165) is 0 Å². The van der Waals surface area contributed by atoms with E-state index in [0.29, 0.717) is 45.2 Å². The summed E-state index contributed by atoms with van der Waals surface area (Å²) in [5.74, 6) is -2.46. The highest BCUT2D eigenvalue weighted by molar-refractivity contribution is 5.97. The van der Waals surface area contributed by atoms with Crippen LogP contribution in [0.1, 0.15) is 64.5 Å². The standard InChI is InChI=1S/C42H55F3N8O5/c1-7-33(49-39(55)21(3)46-5)41(57)52-19-24(44)14-25(52)17-31-29-10-9-11-32(45)36(29)51-38(31)37-30(28-13-12-23(43)15-35(28)48-37)18-26-16-27(54)20-53(26)42(58)34(8-2)50-40(56)22(4)47-6/h9-13,15,21-22,24-27,33-34,46-48,51,54H,7-8,14,16-20H2,1-6H3,(H,49,55)(H,50,56)/t21-,22-,24-,25-,26?,27-,33-,34-/m0/s1. The molecule has 2 fully saturated rings. The number of halogens is 3. The van der Waals surface area contributed by atoms with Crippen LogP contribution in [0.2, 0.25) is 0 Å². The van der Waals surface area contributed by atoms with Crippen LogP contribution in [0, 0.1) is 11.6 Å². The molecule has 4 aromatic rings. The first-order valence-electron chi connectivity index (χ1n) is 20.2.